The van der Waals surface area contributed by atoms with E-state index >= 15 is 0 Å². The van der Waals surface area contributed by atoms with E-state index in [4.69, 9.17) is 4.98 Å². The highest BCUT2D eigenvalue weighted by atomic mass is 14.7. The second-order valence-electron chi connectivity index (χ2n) is 22.3. The zero-order valence-corrected chi connectivity index (χ0v) is 44.9. The standard InChI is InChI=1S/C81H51N/c1-5-23-52(24-6-1)76-50-59(51-77(82-76)53-25-7-2-8-26-53)57-43-46-65-67(48-57)79(55-29-11-4-12-30-55)64-45-42-56(47-66(64)78(65)54-27-9-3-10-28-54)58-41-44-63-62-33-15-18-36-70(62)81(75(63)49-58)73-39-21-19-37-71(73)80(72-38-20-22-40-74(72)81)68-34-16-13-31-60(68)61-32-14-17-35-69(61)80/h1-51H. The van der Waals surface area contributed by atoms with Crippen LogP contribution in [0.2, 0.25) is 0 Å². The van der Waals surface area contributed by atoms with Crippen LogP contribution in [0.1, 0.15) is 44.5 Å². The third-order valence-electron chi connectivity index (χ3n) is 18.3. The van der Waals surface area contributed by atoms with Gasteiger partial charge >= 0.3 is 0 Å². The number of fused-ring (bicyclic) bond motifs is 18. The average Bonchev–Trinajstić information content (AvgIpc) is 1.52. The Morgan fingerprint density at radius 3 is 0.902 bits per heavy atom. The number of hydrogen-bond donors (Lipinski definition) is 0. The van der Waals surface area contributed by atoms with E-state index in [9.17, 15) is 0 Å². The molecule has 0 radical (unpaired) electrons. The maximum absolute atomic E-state index is 5.26. The first kappa shape index (κ1) is 46.4. The Hall–Kier alpha value is -10.5. The summed E-state index contributed by atoms with van der Waals surface area (Å²) < 4.78 is 0. The summed E-state index contributed by atoms with van der Waals surface area (Å²) in [6.45, 7) is 0. The van der Waals surface area contributed by atoms with Crippen molar-refractivity contribution in [2.45, 2.75) is 10.8 Å². The minimum absolute atomic E-state index is 0.498. The molecule has 0 saturated carbocycles. The number of benzene rings is 13. The summed E-state index contributed by atoms with van der Waals surface area (Å²) in [5.74, 6) is 0. The predicted octanol–water partition coefficient (Wildman–Crippen LogP) is 20.4. The molecule has 380 valence electrons. The Kier molecular flexibility index (Phi) is 10.2. The van der Waals surface area contributed by atoms with Crippen molar-refractivity contribution in [2.75, 3.05) is 0 Å². The van der Waals surface area contributed by atoms with Gasteiger partial charge in [0.2, 0.25) is 0 Å². The minimum Gasteiger partial charge on any atom is -0.248 e. The molecule has 1 nitrogen and oxygen atoms in total. The third kappa shape index (κ3) is 6.54. The van der Waals surface area contributed by atoms with Crippen molar-refractivity contribution in [1.82, 2.24) is 4.98 Å². The molecule has 82 heavy (non-hydrogen) atoms. The Morgan fingerprint density at radius 1 is 0.183 bits per heavy atom. The van der Waals surface area contributed by atoms with Gasteiger partial charge in [0, 0.05) is 11.1 Å². The molecule has 1 heteroatoms. The number of pyridine rings is 1. The predicted molar refractivity (Wildman–Crippen MR) is 340 cm³/mol. The Labute approximate surface area is 477 Å². The molecule has 0 fully saturated rings. The molecule has 0 bridgehead atoms. The van der Waals surface area contributed by atoms with Gasteiger partial charge in [0.05, 0.1) is 22.2 Å². The number of rotatable bonds is 6. The first-order valence-corrected chi connectivity index (χ1v) is 28.6. The van der Waals surface area contributed by atoms with E-state index < -0.39 is 10.8 Å². The van der Waals surface area contributed by atoms with Gasteiger partial charge in [-0.2, -0.15) is 0 Å². The smallest absolute Gasteiger partial charge is 0.0720 e. The van der Waals surface area contributed by atoms with Crippen molar-refractivity contribution in [3.8, 4) is 89.3 Å². The third-order valence-corrected chi connectivity index (χ3v) is 18.3. The summed E-state index contributed by atoms with van der Waals surface area (Å²) in [7, 11) is 0. The summed E-state index contributed by atoms with van der Waals surface area (Å²) in [6, 6.07) is 116. The van der Waals surface area contributed by atoms with Crippen LogP contribution < -0.4 is 0 Å². The van der Waals surface area contributed by atoms with E-state index in [1.54, 1.807) is 0 Å². The topological polar surface area (TPSA) is 12.9 Å². The van der Waals surface area contributed by atoms with Gasteiger partial charge in [0.15, 0.2) is 0 Å². The SMILES string of the molecule is c1ccc(-c2cc(-c3ccc4c(-c5ccccc5)c5cc(-c6ccc7c(c6)C6(c8ccccc8-7)c7ccccc7C7(c8ccccc8-c8ccccc87)c7ccccc76)ccc5c(-c5ccccc5)c4c3)cc(-c3ccccc3)n2)cc1. The van der Waals surface area contributed by atoms with Crippen molar-refractivity contribution < 1.29 is 0 Å². The van der Waals surface area contributed by atoms with E-state index in [0.29, 0.717) is 0 Å². The molecule has 0 saturated heterocycles. The summed E-state index contributed by atoms with van der Waals surface area (Å²) in [5.41, 5.74) is 28.4. The van der Waals surface area contributed by atoms with Crippen molar-refractivity contribution in [3.05, 3.63) is 354 Å². The van der Waals surface area contributed by atoms with Gasteiger partial charge in [-0.25, -0.2) is 4.98 Å². The fourth-order valence-electron chi connectivity index (χ4n) is 15.0. The molecule has 2 spiro atoms. The van der Waals surface area contributed by atoms with Gasteiger partial charge in [0.25, 0.3) is 0 Å². The average molecular weight is 1040 g/mol. The van der Waals surface area contributed by atoms with Crippen molar-refractivity contribution >= 4 is 21.5 Å². The second kappa shape index (κ2) is 18.0. The Bertz CT molecular complexity index is 4750. The van der Waals surface area contributed by atoms with Gasteiger partial charge in [-0.15, -0.1) is 0 Å². The fraction of sp³-hybridized carbons (Fsp3) is 0.0247. The molecule has 17 rings (SSSR count). The molecule has 3 aliphatic carbocycles. The van der Waals surface area contributed by atoms with Gasteiger partial charge < -0.3 is 0 Å². The van der Waals surface area contributed by atoms with Crippen LogP contribution >= 0.6 is 0 Å². The lowest BCUT2D eigenvalue weighted by molar-refractivity contribution is 0.633. The van der Waals surface area contributed by atoms with E-state index in [1.807, 2.05) is 0 Å². The highest BCUT2D eigenvalue weighted by Gasteiger charge is 2.58. The van der Waals surface area contributed by atoms with Crippen LogP contribution in [-0.4, -0.2) is 4.98 Å². The summed E-state index contributed by atoms with van der Waals surface area (Å²) in [6.07, 6.45) is 0. The van der Waals surface area contributed by atoms with E-state index in [1.165, 1.54) is 122 Å². The first-order valence-electron chi connectivity index (χ1n) is 28.6. The van der Waals surface area contributed by atoms with Crippen LogP contribution in [0.4, 0.5) is 0 Å². The zero-order chi connectivity index (χ0) is 53.9. The molecule has 0 N–H and O–H groups in total. The van der Waals surface area contributed by atoms with Gasteiger partial charge in [-0.3, -0.25) is 0 Å². The van der Waals surface area contributed by atoms with Gasteiger partial charge in [-0.1, -0.05) is 279 Å². The largest absolute Gasteiger partial charge is 0.248 e. The maximum atomic E-state index is 5.26. The maximum Gasteiger partial charge on any atom is 0.0720 e. The summed E-state index contributed by atoms with van der Waals surface area (Å²) in [4.78, 5) is 5.26. The van der Waals surface area contributed by atoms with Gasteiger partial charge in [0.1, 0.15) is 0 Å². The lowest BCUT2D eigenvalue weighted by atomic mass is 9.52. The van der Waals surface area contributed by atoms with Crippen LogP contribution in [-0.2, 0) is 10.8 Å². The minimum atomic E-state index is -0.591. The molecule has 1 aromatic heterocycles. The van der Waals surface area contributed by atoms with Crippen LogP contribution in [0.5, 0.6) is 0 Å². The highest BCUT2D eigenvalue weighted by Crippen LogP contribution is 2.67. The number of nitrogens with zero attached hydrogens (tertiary/aromatic N) is 1. The van der Waals surface area contributed by atoms with Crippen LogP contribution in [0.3, 0.4) is 0 Å². The fourth-order valence-corrected chi connectivity index (χ4v) is 15.0. The van der Waals surface area contributed by atoms with Crippen molar-refractivity contribution in [2.24, 2.45) is 0 Å². The lowest BCUT2D eigenvalue weighted by Crippen LogP contribution is -2.43. The van der Waals surface area contributed by atoms with E-state index in [0.717, 1.165) is 33.6 Å². The normalized spacial score (nSPS) is 13.6. The van der Waals surface area contributed by atoms with Crippen LogP contribution in [0, 0.1) is 0 Å². The molecule has 13 aromatic carbocycles. The summed E-state index contributed by atoms with van der Waals surface area (Å²) >= 11 is 0. The number of aromatic nitrogens is 1. The van der Waals surface area contributed by atoms with Crippen LogP contribution in [0.25, 0.3) is 111 Å². The quantitative estimate of drug-likeness (QED) is 0.151. The molecule has 3 aliphatic rings. The van der Waals surface area contributed by atoms with Gasteiger partial charge in [-0.05, 0) is 163 Å². The molecule has 0 amide bonds. The zero-order valence-electron chi connectivity index (χ0n) is 44.9. The molecular weight excluding hydrogens is 987 g/mol. The molecule has 1 heterocycles. The molecule has 14 aromatic rings. The lowest BCUT2D eigenvalue weighted by Gasteiger charge is -2.48. The van der Waals surface area contributed by atoms with E-state index in [2.05, 4.69) is 309 Å². The first-order chi connectivity index (χ1) is 40.7. The number of hydrogen-bond acceptors (Lipinski definition) is 1. The molecular formula is C81H51N. The van der Waals surface area contributed by atoms with E-state index in [-0.39, 0.29) is 0 Å². The Balaban J connectivity index is 0.903. The summed E-state index contributed by atoms with van der Waals surface area (Å²) in [5, 5.41) is 4.85. The highest BCUT2D eigenvalue weighted by molar-refractivity contribution is 6.22. The molecule has 0 atom stereocenters. The Morgan fingerprint density at radius 2 is 0.488 bits per heavy atom. The van der Waals surface area contributed by atoms with Crippen molar-refractivity contribution in [1.29, 1.82) is 0 Å². The second-order valence-corrected chi connectivity index (χ2v) is 22.3. The molecule has 0 aliphatic heterocycles. The molecule has 0 unspecified atom stereocenters. The van der Waals surface area contributed by atoms with Crippen LogP contribution in [0.15, 0.2) is 309 Å². The monoisotopic (exact) mass is 1040 g/mol. The van der Waals surface area contributed by atoms with Crippen molar-refractivity contribution in [3.63, 3.8) is 0 Å².